The Kier molecular flexibility index (Phi) is 10.3. The number of aryl methyl sites for hydroxylation is 1. The number of rotatable bonds is 10. The highest BCUT2D eigenvalue weighted by atomic mass is 16.7. The summed E-state index contributed by atoms with van der Waals surface area (Å²) in [4.78, 5) is 25.1. The van der Waals surface area contributed by atoms with E-state index in [4.69, 9.17) is 18.9 Å². The maximum atomic E-state index is 12.7. The van der Waals surface area contributed by atoms with Crippen LogP contribution in [0.3, 0.4) is 0 Å². The first-order valence-corrected chi connectivity index (χ1v) is 12.6. The molecule has 0 saturated carbocycles. The van der Waals surface area contributed by atoms with Gasteiger partial charge in [0.1, 0.15) is 42.4 Å². The summed E-state index contributed by atoms with van der Waals surface area (Å²) in [5.74, 6) is -2.51. The molecule has 0 spiro atoms. The number of esters is 2. The Labute approximate surface area is 235 Å². The Balaban J connectivity index is 1.61. The van der Waals surface area contributed by atoms with E-state index >= 15 is 0 Å². The normalized spacial score (nSPS) is 23.7. The summed E-state index contributed by atoms with van der Waals surface area (Å²) in [5, 5.41) is 69.6. The number of benzene rings is 2. The molecule has 13 nitrogen and oxygen atoms in total. The molecule has 224 valence electrons. The molecule has 0 bridgehead atoms. The van der Waals surface area contributed by atoms with Crippen LogP contribution < -0.4 is 4.74 Å². The number of hydrogen-bond donors (Lipinski definition) is 7. The van der Waals surface area contributed by atoms with Crippen LogP contribution in [-0.2, 0) is 30.4 Å². The van der Waals surface area contributed by atoms with Crippen molar-refractivity contribution in [2.45, 2.75) is 69.8 Å². The van der Waals surface area contributed by atoms with Crippen LogP contribution >= 0.6 is 0 Å². The average Bonchev–Trinajstić information content (AvgIpc) is 2.91. The van der Waals surface area contributed by atoms with Gasteiger partial charge in [0, 0.05) is 6.08 Å². The van der Waals surface area contributed by atoms with Crippen molar-refractivity contribution < 1.29 is 64.3 Å². The number of aromatic hydroxyl groups is 2. The van der Waals surface area contributed by atoms with Crippen molar-refractivity contribution in [3.8, 4) is 17.2 Å². The second kappa shape index (κ2) is 13.3. The van der Waals surface area contributed by atoms with E-state index in [1.54, 1.807) is 19.1 Å². The molecular weight excluding hydrogens is 544 g/mol. The lowest BCUT2D eigenvalue weighted by Crippen LogP contribution is -2.60. The first kappa shape index (κ1) is 31.8. The quantitative estimate of drug-likeness (QED) is 0.147. The number of phenolic OH excluding ortho intramolecular Hbond substituents is 2. The Morgan fingerprint density at radius 3 is 2.34 bits per heavy atom. The van der Waals surface area contributed by atoms with Gasteiger partial charge in [-0.1, -0.05) is 12.1 Å². The lowest BCUT2D eigenvalue weighted by Gasteiger charge is -2.39. The van der Waals surface area contributed by atoms with E-state index in [-0.39, 0.29) is 23.7 Å². The molecule has 1 fully saturated rings. The number of ether oxygens (including phenoxy) is 4. The minimum Gasteiger partial charge on any atom is -0.508 e. The highest BCUT2D eigenvalue weighted by Crippen LogP contribution is 2.31. The molecule has 2 aromatic carbocycles. The standard InChI is InChI=1S/C28H34O13/c1-14-10-15(4-7-17(14)30)6-9-21(32)41-25(28(2,3)37)26(36)38-13-16-5-8-19(18(31)11-16)39-27-24(35)23(34)22(33)20(12-29)40-27/h4-11,20,22-25,27,29-31,33-35,37H,12-13H2,1-3H3/b9-6+/t20-,22-,23+,24-,25?,27-/m1/s1. The summed E-state index contributed by atoms with van der Waals surface area (Å²) in [6, 6.07) is 8.52. The Morgan fingerprint density at radius 2 is 1.73 bits per heavy atom. The lowest BCUT2D eigenvalue weighted by molar-refractivity contribution is -0.277. The van der Waals surface area contributed by atoms with Gasteiger partial charge in [-0.3, -0.25) is 0 Å². The van der Waals surface area contributed by atoms with Crippen molar-refractivity contribution >= 4 is 18.0 Å². The van der Waals surface area contributed by atoms with Crippen molar-refractivity contribution in [3.63, 3.8) is 0 Å². The molecule has 1 aliphatic heterocycles. The Morgan fingerprint density at radius 1 is 1.02 bits per heavy atom. The van der Waals surface area contributed by atoms with E-state index in [9.17, 15) is 45.3 Å². The molecule has 0 radical (unpaired) electrons. The molecule has 6 atom stereocenters. The molecule has 1 heterocycles. The topological polar surface area (TPSA) is 213 Å². The number of phenols is 2. The number of aliphatic hydroxyl groups is 5. The fourth-order valence-corrected chi connectivity index (χ4v) is 3.86. The molecule has 13 heteroatoms. The Bertz CT molecular complexity index is 1250. The summed E-state index contributed by atoms with van der Waals surface area (Å²) >= 11 is 0. The summed E-state index contributed by atoms with van der Waals surface area (Å²) in [5.41, 5.74) is -0.335. The van der Waals surface area contributed by atoms with E-state index in [0.29, 0.717) is 11.1 Å². The van der Waals surface area contributed by atoms with Gasteiger partial charge in [-0.15, -0.1) is 0 Å². The molecule has 3 rings (SSSR count). The van der Waals surface area contributed by atoms with E-state index < -0.39 is 66.7 Å². The summed E-state index contributed by atoms with van der Waals surface area (Å²) in [6.45, 7) is 3.16. The first-order chi connectivity index (χ1) is 19.2. The average molecular weight is 579 g/mol. The van der Waals surface area contributed by atoms with Crippen LogP contribution in [0.4, 0.5) is 0 Å². The van der Waals surface area contributed by atoms with Crippen LogP contribution in [0.1, 0.15) is 30.5 Å². The molecule has 0 amide bonds. The van der Waals surface area contributed by atoms with Crippen LogP contribution in [0, 0.1) is 6.92 Å². The molecule has 1 aliphatic rings. The van der Waals surface area contributed by atoms with E-state index in [2.05, 4.69) is 0 Å². The van der Waals surface area contributed by atoms with E-state index in [1.807, 2.05) is 0 Å². The molecule has 0 aliphatic carbocycles. The maximum absolute atomic E-state index is 12.7. The van der Waals surface area contributed by atoms with Gasteiger partial charge in [-0.25, -0.2) is 9.59 Å². The van der Waals surface area contributed by atoms with Crippen LogP contribution in [0.5, 0.6) is 17.2 Å². The minimum atomic E-state index is -1.80. The fraction of sp³-hybridized carbons (Fsp3) is 0.429. The van der Waals surface area contributed by atoms with Crippen LogP contribution in [-0.4, -0.2) is 96.7 Å². The third-order valence-electron chi connectivity index (χ3n) is 6.22. The second-order valence-corrected chi connectivity index (χ2v) is 10.1. The highest BCUT2D eigenvalue weighted by Gasteiger charge is 2.45. The van der Waals surface area contributed by atoms with Gasteiger partial charge in [-0.2, -0.15) is 0 Å². The van der Waals surface area contributed by atoms with Gasteiger partial charge in [0.05, 0.1) is 6.61 Å². The zero-order chi connectivity index (χ0) is 30.5. The zero-order valence-corrected chi connectivity index (χ0v) is 22.6. The number of aliphatic hydroxyl groups excluding tert-OH is 4. The molecule has 0 aromatic heterocycles. The Hall–Kier alpha value is -3.72. The van der Waals surface area contributed by atoms with Gasteiger partial charge in [0.15, 0.2) is 11.5 Å². The van der Waals surface area contributed by atoms with Crippen molar-refractivity contribution in [2.24, 2.45) is 0 Å². The zero-order valence-electron chi connectivity index (χ0n) is 22.6. The molecule has 2 aromatic rings. The van der Waals surface area contributed by atoms with Crippen molar-refractivity contribution in [3.05, 3.63) is 59.2 Å². The van der Waals surface area contributed by atoms with Gasteiger partial charge < -0.3 is 54.7 Å². The maximum Gasteiger partial charge on any atom is 0.350 e. The molecule has 1 saturated heterocycles. The first-order valence-electron chi connectivity index (χ1n) is 12.6. The molecule has 1 unspecified atom stereocenters. The predicted molar refractivity (Wildman–Crippen MR) is 140 cm³/mol. The third-order valence-corrected chi connectivity index (χ3v) is 6.22. The van der Waals surface area contributed by atoms with Crippen molar-refractivity contribution in [1.29, 1.82) is 0 Å². The van der Waals surface area contributed by atoms with E-state index in [1.165, 1.54) is 44.2 Å². The van der Waals surface area contributed by atoms with Gasteiger partial charge in [0.2, 0.25) is 12.4 Å². The summed E-state index contributed by atoms with van der Waals surface area (Å²) < 4.78 is 21.0. The fourth-order valence-electron chi connectivity index (χ4n) is 3.86. The SMILES string of the molecule is Cc1cc(/C=C/C(=O)OC(C(=O)OCc2ccc(O[C@@H]3O[C@H](CO)[C@@H](O)[C@H](O)[C@H]3O)c(O)c2)C(C)(C)O)ccc1O. The van der Waals surface area contributed by atoms with Gasteiger partial charge in [-0.05, 0) is 67.8 Å². The van der Waals surface area contributed by atoms with E-state index in [0.717, 1.165) is 6.08 Å². The summed E-state index contributed by atoms with van der Waals surface area (Å²) in [6.07, 6.45) is -6.87. The summed E-state index contributed by atoms with van der Waals surface area (Å²) in [7, 11) is 0. The monoisotopic (exact) mass is 578 g/mol. The number of hydrogen-bond acceptors (Lipinski definition) is 13. The third kappa shape index (κ3) is 8.16. The van der Waals surface area contributed by atoms with Gasteiger partial charge in [0.25, 0.3) is 0 Å². The molecule has 7 N–H and O–H groups in total. The smallest absolute Gasteiger partial charge is 0.350 e. The predicted octanol–water partition coefficient (Wildman–Crippen LogP) is 0.0242. The largest absolute Gasteiger partial charge is 0.508 e. The van der Waals surface area contributed by atoms with Crippen molar-refractivity contribution in [1.82, 2.24) is 0 Å². The van der Waals surface area contributed by atoms with Crippen LogP contribution in [0.15, 0.2) is 42.5 Å². The van der Waals surface area contributed by atoms with Crippen LogP contribution in [0.25, 0.3) is 6.08 Å². The highest BCUT2D eigenvalue weighted by molar-refractivity contribution is 5.89. The number of carbonyl (C=O) groups excluding carboxylic acids is 2. The second-order valence-electron chi connectivity index (χ2n) is 10.1. The van der Waals surface area contributed by atoms with Crippen LogP contribution in [0.2, 0.25) is 0 Å². The van der Waals surface area contributed by atoms with Crippen molar-refractivity contribution in [2.75, 3.05) is 6.61 Å². The van der Waals surface area contributed by atoms with Gasteiger partial charge >= 0.3 is 11.9 Å². The lowest BCUT2D eigenvalue weighted by atomic mass is 9.99. The molecular formula is C28H34O13. The molecule has 41 heavy (non-hydrogen) atoms. The minimum absolute atomic E-state index is 0.0962. The number of carbonyl (C=O) groups is 2.